The molecule has 0 fully saturated rings. The van der Waals surface area contributed by atoms with Gasteiger partial charge in [-0.25, -0.2) is 0 Å². The van der Waals surface area contributed by atoms with Crippen LogP contribution in [-0.4, -0.2) is 70.0 Å². The molecule has 0 spiro atoms. The summed E-state index contributed by atoms with van der Waals surface area (Å²) in [6, 6.07) is 20.2. The molecule has 2 aromatic carbocycles. The van der Waals surface area contributed by atoms with E-state index in [1.807, 2.05) is 36.4 Å². The first-order valence-electron chi connectivity index (χ1n) is 6.86. The average molecular weight is 377 g/mol. The van der Waals surface area contributed by atoms with Gasteiger partial charge in [0.1, 0.15) is 0 Å². The minimum atomic E-state index is -2.59. The van der Waals surface area contributed by atoms with Crippen LogP contribution in [-0.2, 0) is 13.3 Å². The van der Waals surface area contributed by atoms with E-state index in [2.05, 4.69) is 24.3 Å². The van der Waals surface area contributed by atoms with Crippen molar-refractivity contribution in [2.24, 2.45) is 0 Å². The van der Waals surface area contributed by atoms with Crippen molar-refractivity contribution in [2.45, 2.75) is 0 Å². The summed E-state index contributed by atoms with van der Waals surface area (Å²) in [5.41, 5.74) is 0. The standard InChI is InChI=1S/C9H14O3Si.C6H8Si.CH4O.Al.Li.4H/c1-10-13(11-2,12-3)9-7-5-4-6-8-9;7-6-4-2-1-3-5-6;1-2;;;;;;/h4-8H,1-3H3;1-5H,7H3;2H,1H3;;;;;;/q;;;;+1;;;;-1. The maximum Gasteiger partial charge on any atom is 1.00 e. The SMILES string of the molecule is CO.CO[Si](OC)(OC)c1ccccc1.[AlH3].[H-].[Li+].[SiH3]c1ccccc1. The Labute approximate surface area is 174 Å². The number of rotatable bonds is 4. The molecular weight excluding hydrogens is 346 g/mol. The van der Waals surface area contributed by atoms with Crippen LogP contribution < -0.4 is 29.2 Å². The van der Waals surface area contributed by atoms with Gasteiger partial charge in [-0.05, 0) is 0 Å². The van der Waals surface area contributed by atoms with E-state index < -0.39 is 8.80 Å². The first-order chi connectivity index (χ1) is 10.7. The van der Waals surface area contributed by atoms with Gasteiger partial charge in [-0.3, -0.25) is 0 Å². The third kappa shape index (κ3) is 9.98. The van der Waals surface area contributed by atoms with Crippen molar-refractivity contribution in [3.8, 4) is 0 Å². The van der Waals surface area contributed by atoms with Crippen LogP contribution in [0.5, 0.6) is 0 Å². The molecule has 0 radical (unpaired) electrons. The Kier molecular flexibility index (Phi) is 21.1. The molecule has 0 atom stereocenters. The molecule has 0 amide bonds. The van der Waals surface area contributed by atoms with E-state index in [9.17, 15) is 0 Å². The minimum Gasteiger partial charge on any atom is -1.00 e. The maximum atomic E-state index is 7.00. The number of aliphatic hydroxyl groups is 1. The molecule has 4 nitrogen and oxygen atoms in total. The molecule has 1 N–H and O–H groups in total. The van der Waals surface area contributed by atoms with Crippen molar-refractivity contribution in [2.75, 3.05) is 28.4 Å². The van der Waals surface area contributed by atoms with E-state index in [0.29, 0.717) is 0 Å². The van der Waals surface area contributed by atoms with Gasteiger partial charge in [0.25, 0.3) is 0 Å². The molecule has 0 aliphatic rings. The fourth-order valence-electron chi connectivity index (χ4n) is 1.78. The second-order valence-corrected chi connectivity index (χ2v) is 8.26. The van der Waals surface area contributed by atoms with Gasteiger partial charge in [-0.1, -0.05) is 65.9 Å². The zero-order valence-corrected chi connectivity index (χ0v) is 17.9. The van der Waals surface area contributed by atoms with E-state index in [1.165, 1.54) is 15.4 Å². The van der Waals surface area contributed by atoms with Crippen molar-refractivity contribution < 1.29 is 38.7 Å². The molecule has 0 bridgehead atoms. The molecule has 0 unspecified atom stereocenters. The molecule has 0 aliphatic heterocycles. The Hall–Kier alpha value is -0.156. The topological polar surface area (TPSA) is 47.9 Å². The van der Waals surface area contributed by atoms with Gasteiger partial charge in [-0.15, -0.1) is 0 Å². The summed E-state index contributed by atoms with van der Waals surface area (Å²) in [7, 11) is 4.39. The molecule has 0 saturated carbocycles. The van der Waals surface area contributed by atoms with Gasteiger partial charge < -0.3 is 19.8 Å². The second kappa shape index (κ2) is 17.7. The monoisotopic (exact) mass is 376 g/mol. The van der Waals surface area contributed by atoms with Crippen molar-refractivity contribution in [1.82, 2.24) is 0 Å². The van der Waals surface area contributed by atoms with Gasteiger partial charge in [-0.2, -0.15) is 0 Å². The minimum absolute atomic E-state index is 0. The van der Waals surface area contributed by atoms with E-state index in [-0.39, 0.29) is 37.6 Å². The fraction of sp³-hybridized carbons (Fsp3) is 0.250. The molecule has 2 rings (SSSR count). The Morgan fingerprint density at radius 1 is 0.792 bits per heavy atom. The van der Waals surface area contributed by atoms with Crippen LogP contribution >= 0.6 is 0 Å². The normalized spacial score (nSPS) is 9.21. The zero-order valence-electron chi connectivity index (χ0n) is 15.9. The van der Waals surface area contributed by atoms with Crippen molar-refractivity contribution in [3.05, 3.63) is 60.7 Å². The van der Waals surface area contributed by atoms with Crippen LogP contribution in [0.4, 0.5) is 0 Å². The van der Waals surface area contributed by atoms with Gasteiger partial charge >= 0.3 is 27.7 Å². The number of benzene rings is 2. The first kappa shape index (κ1) is 28.6. The molecule has 2 aromatic rings. The zero-order chi connectivity index (χ0) is 16.8. The summed E-state index contributed by atoms with van der Waals surface area (Å²) in [5, 5.41) is 9.44. The maximum absolute atomic E-state index is 7.00. The molecule has 24 heavy (non-hydrogen) atoms. The van der Waals surface area contributed by atoms with Crippen LogP contribution in [0.15, 0.2) is 60.7 Å². The molecule has 130 valence electrons. The average Bonchev–Trinajstić information content (AvgIpc) is 2.61. The summed E-state index contributed by atoms with van der Waals surface area (Å²) < 4.78 is 16.0. The predicted octanol–water partition coefficient (Wildman–Crippen LogP) is -4.01. The van der Waals surface area contributed by atoms with Crippen molar-refractivity contribution in [1.29, 1.82) is 0 Å². The van der Waals surface area contributed by atoms with Crippen LogP contribution in [0.3, 0.4) is 0 Å². The predicted molar refractivity (Wildman–Crippen MR) is 108 cm³/mol. The van der Waals surface area contributed by atoms with E-state index >= 15 is 0 Å². The molecule has 0 saturated heterocycles. The summed E-state index contributed by atoms with van der Waals surface area (Å²) in [4.78, 5) is 0. The summed E-state index contributed by atoms with van der Waals surface area (Å²) in [6.45, 7) is 0. The molecule has 0 aromatic heterocycles. The molecule has 0 aliphatic carbocycles. The number of hydrogen-bond donors (Lipinski definition) is 1. The van der Waals surface area contributed by atoms with Crippen molar-refractivity contribution >= 4 is 46.8 Å². The van der Waals surface area contributed by atoms with Crippen LogP contribution in [0.25, 0.3) is 0 Å². The van der Waals surface area contributed by atoms with E-state index in [4.69, 9.17) is 18.4 Å². The van der Waals surface area contributed by atoms with Crippen LogP contribution in [0.1, 0.15) is 1.43 Å². The second-order valence-electron chi connectivity index (χ2n) is 4.19. The molecular formula is C16H30AlLiO4Si2. The number of aliphatic hydroxyl groups excluding tert-OH is 1. The third-order valence-corrected chi connectivity index (χ3v) is 6.19. The first-order valence-corrected chi connectivity index (χ1v) is 9.58. The fourth-order valence-corrected chi connectivity index (χ4v) is 3.97. The summed E-state index contributed by atoms with van der Waals surface area (Å²) in [6.07, 6.45) is 0. The Balaban J connectivity index is -0.000000159. The van der Waals surface area contributed by atoms with Gasteiger partial charge in [0, 0.05) is 43.9 Å². The largest absolute Gasteiger partial charge is 1.00 e. The smallest absolute Gasteiger partial charge is 1.00 e. The molecule has 0 heterocycles. The Morgan fingerprint density at radius 2 is 1.12 bits per heavy atom. The van der Waals surface area contributed by atoms with Crippen molar-refractivity contribution in [3.63, 3.8) is 0 Å². The molecule has 8 heteroatoms. The van der Waals surface area contributed by atoms with Gasteiger partial charge in [0.2, 0.25) is 0 Å². The Bertz CT molecular complexity index is 486. The Morgan fingerprint density at radius 3 is 1.38 bits per heavy atom. The van der Waals surface area contributed by atoms with E-state index in [1.54, 1.807) is 21.3 Å². The quantitative estimate of drug-likeness (QED) is 0.553. The number of hydrogen-bond acceptors (Lipinski definition) is 4. The van der Waals surface area contributed by atoms with Gasteiger partial charge in [0.15, 0.2) is 17.4 Å². The van der Waals surface area contributed by atoms with Crippen LogP contribution in [0, 0.1) is 0 Å². The third-order valence-electron chi connectivity index (χ3n) is 2.87. The summed E-state index contributed by atoms with van der Waals surface area (Å²) in [5.74, 6) is 0. The van der Waals surface area contributed by atoms with Crippen LogP contribution in [0.2, 0.25) is 0 Å². The van der Waals surface area contributed by atoms with E-state index in [0.717, 1.165) is 12.3 Å². The van der Waals surface area contributed by atoms with Gasteiger partial charge in [0.05, 0.1) is 0 Å². The summed E-state index contributed by atoms with van der Waals surface area (Å²) >= 11 is 0.